The fourth-order valence-electron chi connectivity index (χ4n) is 3.87. The van der Waals surface area contributed by atoms with Gasteiger partial charge in [-0.1, -0.05) is 0 Å². The maximum Gasteiger partial charge on any atom is 0.224 e. The smallest absolute Gasteiger partial charge is 0.224 e. The van der Waals surface area contributed by atoms with Gasteiger partial charge in [-0.3, -0.25) is 14.3 Å². The van der Waals surface area contributed by atoms with Crippen LogP contribution in [-0.2, 0) is 20.9 Å². The lowest BCUT2D eigenvalue weighted by Crippen LogP contribution is -2.44. The Hall–Kier alpha value is -1.96. The Morgan fingerprint density at radius 3 is 2.80 bits per heavy atom. The molecule has 0 saturated carbocycles. The molecular weight excluding hydrogens is 322 g/mol. The fourth-order valence-corrected chi connectivity index (χ4v) is 3.87. The highest BCUT2D eigenvalue weighted by atomic mass is 16.5. The highest BCUT2D eigenvalue weighted by molar-refractivity contribution is 5.80. The molecule has 2 saturated heterocycles. The molecule has 1 spiro atoms. The molecular formula is C17H27N5O3. The van der Waals surface area contributed by atoms with E-state index in [1.54, 1.807) is 18.1 Å². The van der Waals surface area contributed by atoms with Gasteiger partial charge in [-0.15, -0.1) is 0 Å². The van der Waals surface area contributed by atoms with Gasteiger partial charge in [-0.25, -0.2) is 4.98 Å². The highest BCUT2D eigenvalue weighted by Crippen LogP contribution is 2.41. The largest absolute Gasteiger partial charge is 0.385 e. The molecule has 138 valence electrons. The van der Waals surface area contributed by atoms with Crippen LogP contribution in [0.3, 0.4) is 0 Å². The predicted molar refractivity (Wildman–Crippen MR) is 90.6 cm³/mol. The lowest BCUT2D eigenvalue weighted by atomic mass is 9.77. The lowest BCUT2D eigenvalue weighted by molar-refractivity contribution is -0.133. The first-order valence-electron chi connectivity index (χ1n) is 8.99. The number of rotatable bonds is 7. The van der Waals surface area contributed by atoms with Crippen LogP contribution in [0.4, 0.5) is 0 Å². The molecule has 2 fully saturated rings. The zero-order valence-electron chi connectivity index (χ0n) is 14.9. The Bertz CT molecular complexity index is 581. The molecule has 0 aromatic carbocycles. The summed E-state index contributed by atoms with van der Waals surface area (Å²) in [6, 6.07) is 0. The summed E-state index contributed by atoms with van der Waals surface area (Å²) in [4.78, 5) is 32.4. The van der Waals surface area contributed by atoms with E-state index in [0.717, 1.165) is 45.4 Å². The number of carbonyl (C=O) groups excluding carboxylic acids is 2. The van der Waals surface area contributed by atoms with Crippen LogP contribution < -0.4 is 0 Å². The molecule has 0 aliphatic carbocycles. The van der Waals surface area contributed by atoms with Crippen molar-refractivity contribution in [3.63, 3.8) is 0 Å². The van der Waals surface area contributed by atoms with Gasteiger partial charge < -0.3 is 14.5 Å². The van der Waals surface area contributed by atoms with Gasteiger partial charge >= 0.3 is 0 Å². The lowest BCUT2D eigenvalue weighted by Gasteiger charge is -2.39. The molecule has 8 nitrogen and oxygen atoms in total. The molecule has 0 bridgehead atoms. The Morgan fingerprint density at radius 2 is 2.12 bits per heavy atom. The van der Waals surface area contributed by atoms with Crippen molar-refractivity contribution in [2.75, 3.05) is 39.9 Å². The third-order valence-electron chi connectivity index (χ3n) is 5.38. The van der Waals surface area contributed by atoms with Crippen molar-refractivity contribution in [3.05, 3.63) is 12.7 Å². The van der Waals surface area contributed by atoms with Crippen molar-refractivity contribution >= 4 is 11.8 Å². The van der Waals surface area contributed by atoms with Gasteiger partial charge in [0, 0.05) is 58.2 Å². The minimum Gasteiger partial charge on any atom is -0.385 e. The van der Waals surface area contributed by atoms with Crippen LogP contribution in [0.5, 0.6) is 0 Å². The number of hydrogen-bond donors (Lipinski definition) is 0. The molecule has 3 rings (SSSR count). The van der Waals surface area contributed by atoms with E-state index in [1.165, 1.54) is 6.33 Å². The van der Waals surface area contributed by atoms with Crippen molar-refractivity contribution in [1.29, 1.82) is 0 Å². The van der Waals surface area contributed by atoms with Crippen LogP contribution in [0.2, 0.25) is 0 Å². The van der Waals surface area contributed by atoms with E-state index in [9.17, 15) is 9.59 Å². The first-order chi connectivity index (χ1) is 12.1. The summed E-state index contributed by atoms with van der Waals surface area (Å²) in [6.45, 7) is 4.34. The van der Waals surface area contributed by atoms with Crippen molar-refractivity contribution in [1.82, 2.24) is 24.6 Å². The van der Waals surface area contributed by atoms with E-state index in [4.69, 9.17) is 4.74 Å². The molecule has 3 heterocycles. The van der Waals surface area contributed by atoms with Gasteiger partial charge in [0.2, 0.25) is 11.8 Å². The fraction of sp³-hybridized carbons (Fsp3) is 0.765. The molecule has 2 aliphatic rings. The van der Waals surface area contributed by atoms with Crippen LogP contribution in [0.15, 0.2) is 12.7 Å². The zero-order valence-corrected chi connectivity index (χ0v) is 14.9. The van der Waals surface area contributed by atoms with Crippen LogP contribution in [0.1, 0.15) is 32.1 Å². The Balaban J connectivity index is 1.45. The number of aryl methyl sites for hydroxylation is 1. The molecule has 0 atom stereocenters. The Morgan fingerprint density at radius 1 is 1.32 bits per heavy atom. The average Bonchev–Trinajstić information content (AvgIpc) is 3.22. The SMILES string of the molecule is COCCCN1CC2(CCN(C(=O)CCn3cncn3)CC2)CC1=O. The summed E-state index contributed by atoms with van der Waals surface area (Å²) in [6.07, 6.45) is 6.87. The number of hydrogen-bond acceptors (Lipinski definition) is 5. The topological polar surface area (TPSA) is 80.6 Å². The Labute approximate surface area is 148 Å². The van der Waals surface area contributed by atoms with Gasteiger partial charge in [0.25, 0.3) is 0 Å². The summed E-state index contributed by atoms with van der Waals surface area (Å²) >= 11 is 0. The Kier molecular flexibility index (Phi) is 5.67. The first kappa shape index (κ1) is 17.8. The molecule has 0 N–H and O–H groups in total. The van der Waals surface area contributed by atoms with Crippen LogP contribution in [-0.4, -0.2) is 76.3 Å². The van der Waals surface area contributed by atoms with Crippen LogP contribution in [0, 0.1) is 5.41 Å². The number of methoxy groups -OCH3 is 1. The maximum absolute atomic E-state index is 12.4. The van der Waals surface area contributed by atoms with E-state index in [-0.39, 0.29) is 17.2 Å². The summed E-state index contributed by atoms with van der Waals surface area (Å²) in [5, 5.41) is 4.02. The highest BCUT2D eigenvalue weighted by Gasteiger charge is 2.45. The monoisotopic (exact) mass is 349 g/mol. The third kappa shape index (κ3) is 4.36. The quantitative estimate of drug-likeness (QED) is 0.672. The van der Waals surface area contributed by atoms with Gasteiger partial charge in [0.15, 0.2) is 0 Å². The van der Waals surface area contributed by atoms with Crippen molar-refractivity contribution in [2.45, 2.75) is 38.6 Å². The van der Waals surface area contributed by atoms with Gasteiger partial charge in [-0.2, -0.15) is 5.10 Å². The standard InChI is InChI=1S/C17H27N5O3/c1-25-10-2-6-21-12-17(11-16(21)24)4-8-20(9-5-17)15(23)3-7-22-14-18-13-19-22/h13-14H,2-12H2,1H3. The minimum absolute atomic E-state index is 0.0623. The molecule has 2 aliphatic heterocycles. The van der Waals surface area contributed by atoms with Crippen LogP contribution in [0.25, 0.3) is 0 Å². The number of ether oxygens (including phenoxy) is 1. The average molecular weight is 349 g/mol. The molecule has 0 unspecified atom stereocenters. The maximum atomic E-state index is 12.4. The second-order valence-corrected chi connectivity index (χ2v) is 7.13. The first-order valence-corrected chi connectivity index (χ1v) is 8.99. The van der Waals surface area contributed by atoms with E-state index < -0.39 is 0 Å². The second-order valence-electron chi connectivity index (χ2n) is 7.13. The third-order valence-corrected chi connectivity index (χ3v) is 5.38. The zero-order chi connectivity index (χ0) is 17.7. The normalized spacial score (nSPS) is 19.8. The number of piperidine rings is 1. The van der Waals surface area contributed by atoms with E-state index >= 15 is 0 Å². The van der Waals surface area contributed by atoms with Gasteiger partial charge in [-0.05, 0) is 19.3 Å². The molecule has 8 heteroatoms. The number of carbonyl (C=O) groups is 2. The number of nitrogens with zero attached hydrogens (tertiary/aromatic N) is 5. The number of aromatic nitrogens is 3. The van der Waals surface area contributed by atoms with Gasteiger partial charge in [0.1, 0.15) is 12.7 Å². The molecule has 25 heavy (non-hydrogen) atoms. The number of likely N-dealkylation sites (tertiary alicyclic amines) is 2. The summed E-state index contributed by atoms with van der Waals surface area (Å²) in [5.41, 5.74) is 0.0623. The minimum atomic E-state index is 0.0623. The molecule has 2 amide bonds. The van der Waals surface area contributed by atoms with E-state index in [1.807, 2.05) is 9.80 Å². The van der Waals surface area contributed by atoms with Crippen molar-refractivity contribution in [2.24, 2.45) is 5.41 Å². The molecule has 0 radical (unpaired) electrons. The second kappa shape index (κ2) is 7.95. The molecule has 1 aromatic heterocycles. The van der Waals surface area contributed by atoms with E-state index in [2.05, 4.69) is 10.1 Å². The number of amides is 2. The molecule has 1 aromatic rings. The predicted octanol–water partition coefficient (Wildman–Crippen LogP) is 0.546. The summed E-state index contributed by atoms with van der Waals surface area (Å²) in [5.74, 6) is 0.411. The van der Waals surface area contributed by atoms with Crippen LogP contribution >= 0.6 is 0 Å². The summed E-state index contributed by atoms with van der Waals surface area (Å²) in [7, 11) is 1.68. The van der Waals surface area contributed by atoms with E-state index in [0.29, 0.717) is 26.0 Å². The summed E-state index contributed by atoms with van der Waals surface area (Å²) < 4.78 is 6.75. The van der Waals surface area contributed by atoms with Crippen molar-refractivity contribution < 1.29 is 14.3 Å². The van der Waals surface area contributed by atoms with Gasteiger partial charge in [0.05, 0.1) is 6.54 Å². The van der Waals surface area contributed by atoms with Crippen molar-refractivity contribution in [3.8, 4) is 0 Å².